The van der Waals surface area contributed by atoms with Crippen molar-refractivity contribution < 1.29 is 14.3 Å². The average Bonchev–Trinajstić information content (AvgIpc) is 2.64. The minimum atomic E-state index is -0.393. The summed E-state index contributed by atoms with van der Waals surface area (Å²) in [5.41, 5.74) is 0. The molecule has 3 heterocycles. The van der Waals surface area contributed by atoms with E-state index in [0.717, 1.165) is 12.2 Å². The maximum atomic E-state index is 12.4. The third-order valence-electron chi connectivity index (χ3n) is 4.37. The number of nitrogens with zero attached hydrogens (tertiary/aromatic N) is 6. The topological polar surface area (TPSA) is 82.1 Å². The van der Waals surface area contributed by atoms with Crippen LogP contribution < -0.4 is 9.80 Å². The Morgan fingerprint density at radius 2 is 2.00 bits per heavy atom. The van der Waals surface area contributed by atoms with Gasteiger partial charge in [-0.15, -0.1) is 0 Å². The number of ether oxygens (including phenoxy) is 1. The Bertz CT molecular complexity index is 630. The number of hydrogen-bond acceptors (Lipinski definition) is 7. The van der Waals surface area contributed by atoms with Gasteiger partial charge in [-0.3, -0.25) is 9.69 Å². The summed E-state index contributed by atoms with van der Waals surface area (Å²) >= 11 is 0. The first-order chi connectivity index (χ1) is 12.0. The summed E-state index contributed by atoms with van der Waals surface area (Å²) < 4.78 is 4.97. The van der Waals surface area contributed by atoms with E-state index in [9.17, 15) is 9.59 Å². The lowest BCUT2D eigenvalue weighted by atomic mass is 10.3. The maximum Gasteiger partial charge on any atom is 0.410 e. The summed E-state index contributed by atoms with van der Waals surface area (Å²) in [4.78, 5) is 40.1. The van der Waals surface area contributed by atoms with Gasteiger partial charge in [-0.1, -0.05) is 0 Å². The molecule has 0 atom stereocenters. The molecule has 0 unspecified atom stereocenters. The molecule has 2 amide bonds. The lowest BCUT2D eigenvalue weighted by molar-refractivity contribution is -0.132. The van der Waals surface area contributed by atoms with Gasteiger partial charge in [0.2, 0.25) is 11.9 Å². The Hall–Kier alpha value is -2.58. The number of cyclic esters (lactones) is 1. The molecule has 0 radical (unpaired) electrons. The van der Waals surface area contributed by atoms with Crippen LogP contribution in [-0.4, -0.2) is 91.7 Å². The molecule has 0 aromatic carbocycles. The van der Waals surface area contributed by atoms with Crippen LogP contribution >= 0.6 is 0 Å². The predicted molar refractivity (Wildman–Crippen MR) is 92.7 cm³/mol. The summed E-state index contributed by atoms with van der Waals surface area (Å²) in [6.07, 6.45) is 2.13. The Morgan fingerprint density at radius 1 is 1.24 bits per heavy atom. The Morgan fingerprint density at radius 3 is 2.68 bits per heavy atom. The van der Waals surface area contributed by atoms with Gasteiger partial charge in [-0.25, -0.2) is 9.78 Å². The number of piperazine rings is 1. The van der Waals surface area contributed by atoms with Crippen molar-refractivity contribution in [1.82, 2.24) is 19.8 Å². The van der Waals surface area contributed by atoms with Gasteiger partial charge in [0.05, 0.1) is 6.61 Å². The summed E-state index contributed by atoms with van der Waals surface area (Å²) in [7, 11) is 3.81. The largest absolute Gasteiger partial charge is 0.449 e. The van der Waals surface area contributed by atoms with Crippen LogP contribution in [0.2, 0.25) is 0 Å². The fraction of sp³-hybridized carbons (Fsp3) is 0.625. The quantitative estimate of drug-likeness (QED) is 0.759. The van der Waals surface area contributed by atoms with E-state index in [4.69, 9.17) is 4.74 Å². The second-order valence-electron chi connectivity index (χ2n) is 6.37. The molecule has 2 saturated heterocycles. The standard InChI is InChI=1S/C16H24N6O3/c1-19(2)15-17-5-4-13(18-15)20-7-9-21(10-8-20)14(23)12-22-6-3-11-25-16(22)24/h4-5H,3,6-12H2,1-2H3. The highest BCUT2D eigenvalue weighted by Crippen LogP contribution is 2.16. The fourth-order valence-corrected chi connectivity index (χ4v) is 2.92. The molecule has 0 N–H and O–H groups in total. The molecule has 3 rings (SSSR count). The minimum absolute atomic E-state index is 0.0323. The molecular formula is C16H24N6O3. The molecule has 25 heavy (non-hydrogen) atoms. The lowest BCUT2D eigenvalue weighted by Gasteiger charge is -2.36. The Kier molecular flexibility index (Phi) is 5.20. The zero-order valence-corrected chi connectivity index (χ0v) is 14.7. The molecule has 9 heteroatoms. The van der Waals surface area contributed by atoms with Crippen LogP contribution in [0.1, 0.15) is 6.42 Å². The summed E-state index contributed by atoms with van der Waals surface area (Å²) in [6.45, 7) is 3.76. The molecule has 2 aliphatic rings. The second kappa shape index (κ2) is 7.54. The summed E-state index contributed by atoms with van der Waals surface area (Å²) in [5.74, 6) is 1.50. The first kappa shape index (κ1) is 17.2. The zero-order chi connectivity index (χ0) is 17.8. The van der Waals surface area contributed by atoms with Crippen molar-refractivity contribution in [2.45, 2.75) is 6.42 Å². The highest BCUT2D eigenvalue weighted by atomic mass is 16.6. The molecule has 0 bridgehead atoms. The van der Waals surface area contributed by atoms with Gasteiger partial charge in [0.15, 0.2) is 0 Å². The minimum Gasteiger partial charge on any atom is -0.449 e. The third kappa shape index (κ3) is 4.09. The molecule has 0 spiro atoms. The van der Waals surface area contributed by atoms with Gasteiger partial charge < -0.3 is 19.4 Å². The highest BCUT2D eigenvalue weighted by molar-refractivity contribution is 5.82. The van der Waals surface area contributed by atoms with Crippen molar-refractivity contribution in [2.24, 2.45) is 0 Å². The van der Waals surface area contributed by atoms with E-state index >= 15 is 0 Å². The van der Waals surface area contributed by atoms with Crippen molar-refractivity contribution >= 4 is 23.8 Å². The smallest absolute Gasteiger partial charge is 0.410 e. The Labute approximate surface area is 147 Å². The van der Waals surface area contributed by atoms with Gasteiger partial charge in [0.25, 0.3) is 0 Å². The van der Waals surface area contributed by atoms with Crippen molar-refractivity contribution in [1.29, 1.82) is 0 Å². The Balaban J connectivity index is 1.53. The zero-order valence-electron chi connectivity index (χ0n) is 14.7. The lowest BCUT2D eigenvalue weighted by Crippen LogP contribution is -2.52. The van der Waals surface area contributed by atoms with E-state index in [0.29, 0.717) is 45.3 Å². The number of amides is 2. The van der Waals surface area contributed by atoms with Gasteiger partial charge in [-0.2, -0.15) is 4.98 Å². The number of aromatic nitrogens is 2. The number of hydrogen-bond donors (Lipinski definition) is 0. The first-order valence-electron chi connectivity index (χ1n) is 8.49. The second-order valence-corrected chi connectivity index (χ2v) is 6.37. The van der Waals surface area contributed by atoms with E-state index in [-0.39, 0.29) is 12.5 Å². The van der Waals surface area contributed by atoms with E-state index in [2.05, 4.69) is 14.9 Å². The van der Waals surface area contributed by atoms with Crippen LogP contribution in [0.25, 0.3) is 0 Å². The van der Waals surface area contributed by atoms with E-state index < -0.39 is 6.09 Å². The predicted octanol–water partition coefficient (Wildman–Crippen LogP) is 0.0335. The van der Waals surface area contributed by atoms with E-state index in [1.807, 2.05) is 25.1 Å². The van der Waals surface area contributed by atoms with E-state index in [1.54, 1.807) is 11.1 Å². The molecule has 0 aliphatic carbocycles. The number of rotatable bonds is 4. The summed E-state index contributed by atoms with van der Waals surface area (Å²) in [6, 6.07) is 1.88. The average molecular weight is 348 g/mol. The molecule has 9 nitrogen and oxygen atoms in total. The van der Waals surface area contributed by atoms with Crippen LogP contribution in [0.15, 0.2) is 12.3 Å². The van der Waals surface area contributed by atoms with Crippen molar-refractivity contribution in [3.05, 3.63) is 12.3 Å². The van der Waals surface area contributed by atoms with E-state index in [1.165, 1.54) is 4.90 Å². The molecule has 2 fully saturated rings. The molecular weight excluding hydrogens is 324 g/mol. The van der Waals surface area contributed by atoms with Gasteiger partial charge in [-0.05, 0) is 12.5 Å². The third-order valence-corrected chi connectivity index (χ3v) is 4.37. The van der Waals surface area contributed by atoms with Crippen LogP contribution in [0.3, 0.4) is 0 Å². The van der Waals surface area contributed by atoms with Crippen molar-refractivity contribution in [3.8, 4) is 0 Å². The SMILES string of the molecule is CN(C)c1nccc(N2CCN(C(=O)CN3CCCOC3=O)CC2)n1. The summed E-state index contributed by atoms with van der Waals surface area (Å²) in [5, 5.41) is 0. The van der Waals surface area contributed by atoms with Gasteiger partial charge >= 0.3 is 6.09 Å². The molecule has 136 valence electrons. The molecule has 1 aromatic rings. The van der Waals surface area contributed by atoms with Crippen LogP contribution in [0, 0.1) is 0 Å². The highest BCUT2D eigenvalue weighted by Gasteiger charge is 2.27. The van der Waals surface area contributed by atoms with Gasteiger partial charge in [0, 0.05) is 53.0 Å². The van der Waals surface area contributed by atoms with Crippen molar-refractivity contribution in [3.63, 3.8) is 0 Å². The number of carbonyl (C=O) groups excluding carboxylic acids is 2. The van der Waals surface area contributed by atoms with Crippen molar-refractivity contribution in [2.75, 3.05) is 69.8 Å². The molecule has 2 aliphatic heterocycles. The molecule has 1 aromatic heterocycles. The maximum absolute atomic E-state index is 12.4. The fourth-order valence-electron chi connectivity index (χ4n) is 2.92. The number of carbonyl (C=O) groups is 2. The molecule has 0 saturated carbocycles. The monoisotopic (exact) mass is 348 g/mol. The first-order valence-corrected chi connectivity index (χ1v) is 8.49. The number of anilines is 2. The van der Waals surface area contributed by atoms with Crippen LogP contribution in [0.5, 0.6) is 0 Å². The van der Waals surface area contributed by atoms with Crippen LogP contribution in [0.4, 0.5) is 16.6 Å². The van der Waals surface area contributed by atoms with Gasteiger partial charge in [0.1, 0.15) is 12.4 Å². The normalized spacial score (nSPS) is 18.2. The van der Waals surface area contributed by atoms with Crippen LogP contribution in [-0.2, 0) is 9.53 Å².